The van der Waals surface area contributed by atoms with E-state index < -0.39 is 7.80 Å². The molecule has 0 saturated carbocycles. The molecule has 0 aromatic heterocycles. The minimum Gasteiger partial charge on any atom is -0.289 e. The van der Waals surface area contributed by atoms with Crippen LogP contribution in [0.1, 0.15) is 39.5 Å². The fraction of sp³-hybridized carbons (Fsp3) is 0.278. The van der Waals surface area contributed by atoms with E-state index in [2.05, 4.69) is 0 Å². The highest BCUT2D eigenvalue weighted by molar-refractivity contribution is 7.53. The summed E-state index contributed by atoms with van der Waals surface area (Å²) in [7, 11) is -1.51. The number of ketones is 1. The van der Waals surface area contributed by atoms with Gasteiger partial charge in [0.1, 0.15) is 7.80 Å². The molecular formula is C18H20O2P. The standard InChI is InChI=1S/C18H20O2P/c1-5-21(20)16-9-7-6-8-15(16)18(19)17-13(3)10-12(2)11-14(17)4/h6-11H,5H2,1-4H3. The first-order chi connectivity index (χ1) is 9.95. The van der Waals surface area contributed by atoms with Gasteiger partial charge in [0.25, 0.3) is 0 Å². The van der Waals surface area contributed by atoms with E-state index in [4.69, 9.17) is 0 Å². The van der Waals surface area contributed by atoms with Crippen molar-refractivity contribution in [3.05, 3.63) is 64.2 Å². The second kappa shape index (κ2) is 6.32. The highest BCUT2D eigenvalue weighted by atomic mass is 31.1. The normalized spacial score (nSPS) is 11.3. The molecule has 0 heterocycles. The molecule has 0 aliphatic rings. The van der Waals surface area contributed by atoms with Crippen molar-refractivity contribution >= 4 is 18.9 Å². The van der Waals surface area contributed by atoms with Crippen molar-refractivity contribution in [1.82, 2.24) is 0 Å². The van der Waals surface area contributed by atoms with E-state index in [9.17, 15) is 9.36 Å². The van der Waals surface area contributed by atoms with Crippen molar-refractivity contribution in [1.29, 1.82) is 0 Å². The monoisotopic (exact) mass is 299 g/mol. The van der Waals surface area contributed by atoms with E-state index in [1.807, 2.05) is 52.0 Å². The molecule has 2 nitrogen and oxygen atoms in total. The topological polar surface area (TPSA) is 34.1 Å². The van der Waals surface area contributed by atoms with Gasteiger partial charge in [0.2, 0.25) is 0 Å². The van der Waals surface area contributed by atoms with E-state index >= 15 is 0 Å². The predicted molar refractivity (Wildman–Crippen MR) is 88.3 cm³/mol. The molecule has 0 saturated heterocycles. The van der Waals surface area contributed by atoms with Gasteiger partial charge in [-0.2, -0.15) is 0 Å². The lowest BCUT2D eigenvalue weighted by atomic mass is 9.93. The average molecular weight is 299 g/mol. The molecule has 1 radical (unpaired) electrons. The van der Waals surface area contributed by atoms with Crippen LogP contribution < -0.4 is 5.30 Å². The third-order valence-corrected chi connectivity index (χ3v) is 5.11. The maximum atomic E-state index is 12.9. The van der Waals surface area contributed by atoms with Crippen molar-refractivity contribution in [2.45, 2.75) is 27.7 Å². The zero-order chi connectivity index (χ0) is 15.6. The molecule has 0 aliphatic heterocycles. The number of hydrogen-bond acceptors (Lipinski definition) is 2. The maximum Gasteiger partial charge on any atom is 0.194 e. The third kappa shape index (κ3) is 3.11. The molecule has 1 unspecified atom stereocenters. The van der Waals surface area contributed by atoms with Crippen molar-refractivity contribution in [2.24, 2.45) is 0 Å². The lowest BCUT2D eigenvalue weighted by Crippen LogP contribution is -2.16. The van der Waals surface area contributed by atoms with Crippen molar-refractivity contribution in [3.8, 4) is 0 Å². The molecule has 0 fully saturated rings. The van der Waals surface area contributed by atoms with Crippen LogP contribution in [-0.4, -0.2) is 11.9 Å². The number of rotatable bonds is 4. The molecule has 21 heavy (non-hydrogen) atoms. The molecule has 0 N–H and O–H groups in total. The van der Waals surface area contributed by atoms with Crippen LogP contribution in [0.2, 0.25) is 0 Å². The van der Waals surface area contributed by atoms with Crippen LogP contribution in [0, 0.1) is 20.8 Å². The van der Waals surface area contributed by atoms with Crippen molar-refractivity contribution < 1.29 is 9.36 Å². The smallest absolute Gasteiger partial charge is 0.194 e. The molecule has 3 heteroatoms. The number of benzene rings is 2. The first-order valence-electron chi connectivity index (χ1n) is 7.12. The second-order valence-electron chi connectivity index (χ2n) is 5.31. The van der Waals surface area contributed by atoms with E-state index in [1.54, 1.807) is 12.1 Å². The Morgan fingerprint density at radius 2 is 1.62 bits per heavy atom. The summed E-state index contributed by atoms with van der Waals surface area (Å²) in [4.78, 5) is 12.9. The predicted octanol–water partition coefficient (Wildman–Crippen LogP) is 4.32. The Kier molecular flexibility index (Phi) is 4.69. The van der Waals surface area contributed by atoms with Gasteiger partial charge < -0.3 is 0 Å². The lowest BCUT2D eigenvalue weighted by molar-refractivity contribution is 0.103. The highest BCUT2D eigenvalue weighted by Gasteiger charge is 2.19. The SMILES string of the molecule is CC[P](=O)c1ccccc1C(=O)c1c(C)cc(C)cc1C. The van der Waals surface area contributed by atoms with Crippen molar-refractivity contribution in [3.63, 3.8) is 0 Å². The van der Waals surface area contributed by atoms with Crippen LogP contribution >= 0.6 is 7.80 Å². The first-order valence-corrected chi connectivity index (χ1v) is 8.56. The van der Waals surface area contributed by atoms with Gasteiger partial charge in [0, 0.05) is 22.6 Å². The summed E-state index contributed by atoms with van der Waals surface area (Å²) >= 11 is 0. The van der Waals surface area contributed by atoms with Gasteiger partial charge in [-0.15, -0.1) is 0 Å². The summed E-state index contributed by atoms with van der Waals surface area (Å²) in [5.74, 6) is -0.0302. The van der Waals surface area contributed by atoms with Crippen LogP contribution in [0.15, 0.2) is 36.4 Å². The van der Waals surface area contributed by atoms with Gasteiger partial charge in [0.05, 0.1) is 0 Å². The number of carbonyl (C=O) groups is 1. The van der Waals surface area contributed by atoms with Crippen LogP contribution in [-0.2, 0) is 4.57 Å². The molecular weight excluding hydrogens is 279 g/mol. The molecule has 0 spiro atoms. The molecule has 109 valence electrons. The summed E-state index contributed by atoms with van der Waals surface area (Å²) in [5, 5.41) is 0.666. The Bertz CT molecular complexity index is 694. The van der Waals surface area contributed by atoms with Gasteiger partial charge in [0.15, 0.2) is 5.78 Å². The van der Waals surface area contributed by atoms with Gasteiger partial charge in [-0.05, 0) is 44.0 Å². The zero-order valence-electron chi connectivity index (χ0n) is 12.9. The van der Waals surface area contributed by atoms with Crippen LogP contribution in [0.25, 0.3) is 0 Å². The minimum absolute atomic E-state index is 0.0302. The number of hydrogen-bond donors (Lipinski definition) is 0. The summed E-state index contributed by atoms with van der Waals surface area (Å²) in [6.45, 7) is 7.81. The lowest BCUT2D eigenvalue weighted by Gasteiger charge is -2.12. The third-order valence-electron chi connectivity index (χ3n) is 3.61. The second-order valence-corrected chi connectivity index (χ2v) is 7.19. The van der Waals surface area contributed by atoms with Crippen LogP contribution in [0.5, 0.6) is 0 Å². The fourth-order valence-corrected chi connectivity index (χ4v) is 3.76. The average Bonchev–Trinajstić information content (AvgIpc) is 2.45. The maximum absolute atomic E-state index is 12.9. The van der Waals surface area contributed by atoms with Gasteiger partial charge >= 0.3 is 0 Å². The molecule has 2 aromatic carbocycles. The largest absolute Gasteiger partial charge is 0.289 e. The fourth-order valence-electron chi connectivity index (χ4n) is 2.73. The first kappa shape index (κ1) is 15.6. The van der Waals surface area contributed by atoms with E-state index in [1.165, 1.54) is 0 Å². The van der Waals surface area contributed by atoms with Gasteiger partial charge in [-0.25, -0.2) is 0 Å². The molecule has 0 amide bonds. The Morgan fingerprint density at radius 3 is 2.19 bits per heavy atom. The van der Waals surface area contributed by atoms with E-state index in [-0.39, 0.29) is 5.78 Å². The van der Waals surface area contributed by atoms with Crippen LogP contribution in [0.4, 0.5) is 0 Å². The molecule has 2 rings (SSSR count). The van der Waals surface area contributed by atoms with Crippen LogP contribution in [0.3, 0.4) is 0 Å². The summed E-state index contributed by atoms with van der Waals surface area (Å²) in [6.07, 6.45) is 0.547. The molecule has 0 bridgehead atoms. The van der Waals surface area contributed by atoms with Gasteiger partial charge in [-0.1, -0.05) is 36.8 Å². The number of carbonyl (C=O) groups excluding carboxylic acids is 1. The Hall–Kier alpha value is -1.79. The van der Waals surface area contributed by atoms with E-state index in [0.717, 1.165) is 22.3 Å². The zero-order valence-corrected chi connectivity index (χ0v) is 13.8. The summed E-state index contributed by atoms with van der Waals surface area (Å²) in [6, 6.07) is 11.3. The Balaban J connectivity index is 2.59. The molecule has 2 aromatic rings. The van der Waals surface area contributed by atoms with Gasteiger partial charge in [-0.3, -0.25) is 9.36 Å². The molecule has 0 aliphatic carbocycles. The Morgan fingerprint density at radius 1 is 1.05 bits per heavy atom. The highest BCUT2D eigenvalue weighted by Crippen LogP contribution is 2.25. The Labute approximate surface area is 127 Å². The van der Waals surface area contributed by atoms with E-state index in [0.29, 0.717) is 17.0 Å². The summed E-state index contributed by atoms with van der Waals surface area (Å²) in [5.41, 5.74) is 4.38. The van der Waals surface area contributed by atoms with Crippen molar-refractivity contribution in [2.75, 3.05) is 6.16 Å². The quantitative estimate of drug-likeness (QED) is 0.622. The number of aryl methyl sites for hydroxylation is 3. The summed E-state index contributed by atoms with van der Waals surface area (Å²) < 4.78 is 12.2. The minimum atomic E-state index is -1.51. The molecule has 1 atom stereocenters.